The van der Waals surface area contributed by atoms with Gasteiger partial charge in [-0.2, -0.15) is 0 Å². The summed E-state index contributed by atoms with van der Waals surface area (Å²) < 4.78 is 21.6. The fourth-order valence-corrected chi connectivity index (χ4v) is 6.69. The molecule has 10 heteroatoms. The molecule has 1 fully saturated rings. The Morgan fingerprint density at radius 1 is 1.05 bits per heavy atom. The maximum atomic E-state index is 16.4. The lowest BCUT2D eigenvalue weighted by molar-refractivity contribution is -0.121. The van der Waals surface area contributed by atoms with Crippen LogP contribution in [0.25, 0.3) is 32.9 Å². The van der Waals surface area contributed by atoms with Crippen LogP contribution in [0.2, 0.25) is 5.02 Å². The molecule has 1 N–H and O–H groups in total. The van der Waals surface area contributed by atoms with Gasteiger partial charge in [0.25, 0.3) is 5.91 Å². The Balaban J connectivity index is 1.31. The van der Waals surface area contributed by atoms with E-state index in [1.165, 1.54) is 0 Å². The quantitative estimate of drug-likeness (QED) is 0.295. The van der Waals surface area contributed by atoms with E-state index in [-0.39, 0.29) is 29.8 Å². The summed E-state index contributed by atoms with van der Waals surface area (Å²) in [5, 5.41) is 13.1. The third kappa shape index (κ3) is 4.47. The van der Waals surface area contributed by atoms with Gasteiger partial charge in [0.05, 0.1) is 37.3 Å². The molecule has 0 spiro atoms. The molecule has 7 rings (SSSR count). The lowest BCUT2D eigenvalue weighted by Gasteiger charge is -2.50. The number of halogens is 2. The van der Waals surface area contributed by atoms with E-state index in [0.29, 0.717) is 47.0 Å². The first-order valence-electron chi connectivity index (χ1n) is 14.1. The van der Waals surface area contributed by atoms with Crippen LogP contribution in [0, 0.1) is 5.82 Å². The topological polar surface area (TPSA) is 82.0 Å². The van der Waals surface area contributed by atoms with Gasteiger partial charge in [0.2, 0.25) is 0 Å². The summed E-state index contributed by atoms with van der Waals surface area (Å²) >= 11 is 6.55. The first kappa shape index (κ1) is 27.5. The molecular weight excluding hydrogens is 569 g/mol. The minimum absolute atomic E-state index is 0.0831. The number of pyridine rings is 2. The summed E-state index contributed by atoms with van der Waals surface area (Å²) in [6, 6.07) is 18.1. The minimum Gasteiger partial charge on any atom is -0.497 e. The normalized spacial score (nSPS) is 18.7. The van der Waals surface area contributed by atoms with Crippen LogP contribution in [-0.2, 0) is 11.3 Å². The van der Waals surface area contributed by atoms with Crippen molar-refractivity contribution < 1.29 is 19.0 Å². The highest BCUT2D eigenvalue weighted by atomic mass is 35.5. The number of aromatic nitrogens is 2. The number of rotatable bonds is 5. The predicted octanol–water partition coefficient (Wildman–Crippen LogP) is 5.28. The summed E-state index contributed by atoms with van der Waals surface area (Å²) in [6.07, 6.45) is 3.18. The van der Waals surface area contributed by atoms with E-state index in [2.05, 4.69) is 14.9 Å². The molecule has 0 bridgehead atoms. The van der Waals surface area contributed by atoms with Crippen LogP contribution in [0.5, 0.6) is 5.75 Å². The van der Waals surface area contributed by atoms with E-state index in [1.54, 1.807) is 43.6 Å². The number of fused-ring (bicyclic) bond motifs is 6. The number of hydrogen-bond acceptors (Lipinski definition) is 7. The number of likely N-dealkylation sites (N-methyl/N-ethyl adjacent to an activating group) is 1. The van der Waals surface area contributed by atoms with E-state index in [4.69, 9.17) is 16.3 Å². The molecule has 218 valence electrons. The summed E-state index contributed by atoms with van der Waals surface area (Å²) in [4.78, 5) is 28.4. The molecule has 2 unspecified atom stereocenters. The molecule has 0 radical (unpaired) electrons. The van der Waals surface area contributed by atoms with Gasteiger partial charge in [-0.1, -0.05) is 54.1 Å². The Kier molecular flexibility index (Phi) is 6.88. The van der Waals surface area contributed by atoms with Crippen LogP contribution in [-0.4, -0.2) is 71.8 Å². The highest BCUT2D eigenvalue weighted by molar-refractivity contribution is 6.36. The van der Waals surface area contributed by atoms with Crippen LogP contribution >= 0.6 is 11.6 Å². The van der Waals surface area contributed by atoms with E-state index in [9.17, 15) is 9.90 Å². The van der Waals surface area contributed by atoms with Crippen LogP contribution < -0.4 is 14.5 Å². The first-order valence-corrected chi connectivity index (χ1v) is 14.4. The number of anilines is 2. The van der Waals surface area contributed by atoms with Crippen molar-refractivity contribution in [3.05, 3.63) is 89.5 Å². The number of aliphatic hydroxyl groups excluding tert-OH is 1. The molecule has 43 heavy (non-hydrogen) atoms. The Labute approximate surface area is 252 Å². The number of nitrogens with zero attached hydrogens (tertiary/aromatic N) is 5. The highest BCUT2D eigenvalue weighted by Gasteiger charge is 2.44. The van der Waals surface area contributed by atoms with Gasteiger partial charge in [0.1, 0.15) is 23.0 Å². The first-order chi connectivity index (χ1) is 20.9. The van der Waals surface area contributed by atoms with Crippen molar-refractivity contribution in [1.29, 1.82) is 0 Å². The van der Waals surface area contributed by atoms with E-state index in [0.717, 1.165) is 22.1 Å². The third-order valence-corrected chi connectivity index (χ3v) is 8.96. The molecule has 1 saturated heterocycles. The third-order valence-electron chi connectivity index (χ3n) is 8.64. The molecular formula is C33H29ClFN5O3. The molecule has 1 amide bonds. The molecule has 2 aliphatic heterocycles. The number of amides is 1. The Bertz CT molecular complexity index is 1880. The summed E-state index contributed by atoms with van der Waals surface area (Å²) in [5.74, 6) is 0.127. The largest absolute Gasteiger partial charge is 0.497 e. The summed E-state index contributed by atoms with van der Waals surface area (Å²) in [7, 11) is 3.34. The van der Waals surface area contributed by atoms with Gasteiger partial charge >= 0.3 is 0 Å². The van der Waals surface area contributed by atoms with Gasteiger partial charge in [-0.25, -0.2) is 4.39 Å². The van der Waals surface area contributed by atoms with Gasteiger partial charge in [-0.3, -0.25) is 19.7 Å². The number of methoxy groups -OCH3 is 1. The molecule has 2 aliphatic rings. The van der Waals surface area contributed by atoms with Crippen LogP contribution in [0.4, 0.5) is 15.8 Å². The number of carbonyl (C=O) groups excluding carboxylic acids is 1. The van der Waals surface area contributed by atoms with Crippen molar-refractivity contribution in [3.8, 4) is 17.0 Å². The number of aliphatic hydroxyl groups is 1. The van der Waals surface area contributed by atoms with E-state index in [1.807, 2.05) is 53.4 Å². The zero-order valence-electron chi connectivity index (χ0n) is 23.7. The predicted molar refractivity (Wildman–Crippen MR) is 166 cm³/mol. The van der Waals surface area contributed by atoms with Crippen molar-refractivity contribution in [2.24, 2.45) is 0 Å². The van der Waals surface area contributed by atoms with Crippen LogP contribution in [0.3, 0.4) is 0 Å². The maximum absolute atomic E-state index is 16.4. The van der Waals surface area contributed by atoms with Gasteiger partial charge in [-0.15, -0.1) is 0 Å². The lowest BCUT2D eigenvalue weighted by Crippen LogP contribution is -2.65. The van der Waals surface area contributed by atoms with E-state index >= 15 is 4.39 Å². The fraction of sp³-hybridized carbons (Fsp3) is 0.242. The molecule has 5 aromatic rings. The van der Waals surface area contributed by atoms with Crippen molar-refractivity contribution in [1.82, 2.24) is 14.9 Å². The van der Waals surface area contributed by atoms with E-state index < -0.39 is 11.9 Å². The molecule has 0 saturated carbocycles. The molecule has 2 aromatic heterocycles. The zero-order valence-corrected chi connectivity index (χ0v) is 24.4. The Morgan fingerprint density at radius 3 is 2.56 bits per heavy atom. The zero-order chi connectivity index (χ0) is 29.8. The number of piperazine rings is 1. The molecule has 8 nitrogen and oxygen atoms in total. The second-order valence-corrected chi connectivity index (χ2v) is 11.4. The average Bonchev–Trinajstić information content (AvgIpc) is 3.03. The number of benzene rings is 3. The summed E-state index contributed by atoms with van der Waals surface area (Å²) in [5.41, 5.74) is 3.22. The maximum Gasteiger partial charge on any atom is 0.250 e. The van der Waals surface area contributed by atoms with Crippen molar-refractivity contribution >= 4 is 50.6 Å². The van der Waals surface area contributed by atoms with Gasteiger partial charge in [-0.05, 0) is 29.1 Å². The average molecular weight is 598 g/mol. The molecule has 4 heterocycles. The van der Waals surface area contributed by atoms with Crippen molar-refractivity contribution in [3.63, 3.8) is 0 Å². The smallest absolute Gasteiger partial charge is 0.250 e. The standard InChI is InChI=1S/C33H29ClFN5O3/c1-38-26-14-37-31-24(13-36-30(29(31)35)23-7-3-5-20-6-4-8-25(34)28(20)23)32(26)40-16-21(18-41)39(17-27(40)33(38)42)15-19-9-11-22(43-2)12-10-19/h3-14,21,27,41H,15-18H2,1-2H3. The molecule has 0 aliphatic carbocycles. The SMILES string of the molecule is COc1ccc(CN2CC3C(=O)N(C)c4cnc5c(F)c(-c6cccc7cccc(Cl)c67)ncc5c4N3CC2CO)cc1. The number of ether oxygens (including phenoxy) is 1. The van der Waals surface area contributed by atoms with Crippen molar-refractivity contribution in [2.45, 2.75) is 18.6 Å². The van der Waals surface area contributed by atoms with Gasteiger partial charge in [0.15, 0.2) is 5.82 Å². The van der Waals surface area contributed by atoms with Crippen molar-refractivity contribution in [2.75, 3.05) is 43.7 Å². The number of carbonyl (C=O) groups is 1. The Hall–Kier alpha value is -4.31. The highest BCUT2D eigenvalue weighted by Crippen LogP contribution is 2.44. The van der Waals surface area contributed by atoms with Gasteiger partial charge < -0.3 is 19.6 Å². The minimum atomic E-state index is -0.555. The van der Waals surface area contributed by atoms with Gasteiger partial charge in [0, 0.05) is 54.2 Å². The summed E-state index contributed by atoms with van der Waals surface area (Å²) in [6.45, 7) is 1.24. The molecule has 2 atom stereocenters. The second kappa shape index (κ2) is 10.8. The van der Waals surface area contributed by atoms with Crippen LogP contribution in [0.15, 0.2) is 73.1 Å². The Morgan fingerprint density at radius 2 is 1.81 bits per heavy atom. The number of hydrogen-bond donors (Lipinski definition) is 1. The second-order valence-electron chi connectivity index (χ2n) is 11.0. The monoisotopic (exact) mass is 597 g/mol. The lowest BCUT2D eigenvalue weighted by atomic mass is 9.97. The fourth-order valence-electron chi connectivity index (χ4n) is 6.40. The van der Waals surface area contributed by atoms with Crippen LogP contribution in [0.1, 0.15) is 5.56 Å². The molecule has 3 aromatic carbocycles.